The Balaban J connectivity index is 1.65. The summed E-state index contributed by atoms with van der Waals surface area (Å²) in [4.78, 5) is 29.4. The lowest BCUT2D eigenvalue weighted by molar-refractivity contribution is -0.386. The summed E-state index contributed by atoms with van der Waals surface area (Å²) < 4.78 is 6.73. The van der Waals surface area contributed by atoms with E-state index in [1.165, 1.54) is 30.6 Å². The molecule has 0 saturated heterocycles. The van der Waals surface area contributed by atoms with Crippen LogP contribution in [0.25, 0.3) is 33.0 Å². The first-order chi connectivity index (χ1) is 15.5. The number of methoxy groups -OCH3 is 1. The van der Waals surface area contributed by atoms with Crippen LogP contribution in [0.2, 0.25) is 0 Å². The Hall–Kier alpha value is -3.98. The summed E-state index contributed by atoms with van der Waals surface area (Å²) in [6, 6.07) is 12.5. The van der Waals surface area contributed by atoms with Gasteiger partial charge in [-0.2, -0.15) is 0 Å². The summed E-state index contributed by atoms with van der Waals surface area (Å²) in [5, 5.41) is 23.9. The Bertz CT molecular complexity index is 1470. The van der Waals surface area contributed by atoms with Crippen LogP contribution >= 0.6 is 11.3 Å². The SMILES string of the molecule is COc1cc(/C=C2\CCn3c2nc2scc(-c4ccccc4)c2c3=O)cc([N+](=O)[O-])c1O. The Morgan fingerprint density at radius 1 is 1.28 bits per heavy atom. The molecule has 1 aliphatic rings. The zero-order chi connectivity index (χ0) is 22.4. The van der Waals surface area contributed by atoms with Crippen LogP contribution in [-0.4, -0.2) is 26.7 Å². The van der Waals surface area contributed by atoms with Crippen LogP contribution in [0.1, 0.15) is 17.8 Å². The second-order valence-electron chi connectivity index (χ2n) is 7.36. The summed E-state index contributed by atoms with van der Waals surface area (Å²) in [5.41, 5.74) is 2.58. The molecular weight excluding hydrogens is 430 g/mol. The molecule has 0 unspecified atom stereocenters. The predicted octanol–water partition coefficient (Wildman–Crippen LogP) is 4.69. The Kier molecular flexibility index (Phi) is 4.75. The highest BCUT2D eigenvalue weighted by Crippen LogP contribution is 2.39. The van der Waals surface area contributed by atoms with Crippen LogP contribution in [0.15, 0.2) is 52.6 Å². The van der Waals surface area contributed by atoms with Gasteiger partial charge >= 0.3 is 5.69 Å². The highest BCUT2D eigenvalue weighted by atomic mass is 32.1. The maximum atomic E-state index is 13.3. The van der Waals surface area contributed by atoms with Crippen LogP contribution in [-0.2, 0) is 6.54 Å². The molecule has 1 aliphatic heterocycles. The van der Waals surface area contributed by atoms with Crippen LogP contribution in [0.5, 0.6) is 11.5 Å². The largest absolute Gasteiger partial charge is 0.500 e. The fourth-order valence-electron chi connectivity index (χ4n) is 3.98. The summed E-state index contributed by atoms with van der Waals surface area (Å²) in [6.07, 6.45) is 2.31. The smallest absolute Gasteiger partial charge is 0.315 e. The van der Waals surface area contributed by atoms with Gasteiger partial charge in [-0.3, -0.25) is 19.5 Å². The van der Waals surface area contributed by atoms with Crippen molar-refractivity contribution in [3.8, 4) is 22.6 Å². The van der Waals surface area contributed by atoms with E-state index >= 15 is 0 Å². The molecule has 5 rings (SSSR count). The van der Waals surface area contributed by atoms with Crippen molar-refractivity contribution in [2.45, 2.75) is 13.0 Å². The lowest BCUT2D eigenvalue weighted by Gasteiger charge is -2.07. The molecule has 0 aliphatic carbocycles. The molecule has 2 aromatic carbocycles. The number of ether oxygens (including phenoxy) is 1. The Morgan fingerprint density at radius 3 is 2.78 bits per heavy atom. The second-order valence-corrected chi connectivity index (χ2v) is 8.21. The zero-order valence-corrected chi connectivity index (χ0v) is 17.8. The van der Waals surface area contributed by atoms with Crippen molar-refractivity contribution < 1.29 is 14.8 Å². The van der Waals surface area contributed by atoms with Gasteiger partial charge in [0.25, 0.3) is 5.56 Å². The molecule has 9 heteroatoms. The van der Waals surface area contributed by atoms with E-state index in [4.69, 9.17) is 9.72 Å². The van der Waals surface area contributed by atoms with Gasteiger partial charge in [0.05, 0.1) is 17.4 Å². The molecular formula is C23H17N3O5S. The van der Waals surface area contributed by atoms with Crippen LogP contribution in [0, 0.1) is 10.1 Å². The van der Waals surface area contributed by atoms with Gasteiger partial charge in [-0.15, -0.1) is 11.3 Å². The fourth-order valence-corrected chi connectivity index (χ4v) is 4.92. The van der Waals surface area contributed by atoms with Crippen molar-refractivity contribution >= 4 is 38.9 Å². The van der Waals surface area contributed by atoms with Crippen molar-refractivity contribution in [3.05, 3.63) is 79.7 Å². The quantitative estimate of drug-likeness (QED) is 0.359. The Labute approximate surface area is 185 Å². The molecule has 3 heterocycles. The number of phenolic OH excluding ortho intramolecular Hbond substituents is 1. The number of phenols is 1. The minimum absolute atomic E-state index is 0.00982. The van der Waals surface area contributed by atoms with E-state index in [-0.39, 0.29) is 11.3 Å². The van der Waals surface area contributed by atoms with E-state index in [0.29, 0.717) is 34.6 Å². The molecule has 0 amide bonds. The summed E-state index contributed by atoms with van der Waals surface area (Å²) in [7, 11) is 1.33. The van der Waals surface area contributed by atoms with Gasteiger partial charge in [0.1, 0.15) is 10.7 Å². The van der Waals surface area contributed by atoms with Gasteiger partial charge in [0.15, 0.2) is 5.75 Å². The molecule has 160 valence electrons. The molecule has 32 heavy (non-hydrogen) atoms. The van der Waals surface area contributed by atoms with E-state index in [9.17, 15) is 20.0 Å². The lowest BCUT2D eigenvalue weighted by Crippen LogP contribution is -2.20. The van der Waals surface area contributed by atoms with Crippen molar-refractivity contribution in [1.29, 1.82) is 0 Å². The van der Waals surface area contributed by atoms with Gasteiger partial charge in [-0.25, -0.2) is 4.98 Å². The number of fused-ring (bicyclic) bond motifs is 2. The first-order valence-electron chi connectivity index (χ1n) is 9.81. The fraction of sp³-hybridized carbons (Fsp3) is 0.130. The minimum Gasteiger partial charge on any atom is -0.500 e. The third kappa shape index (κ3) is 3.14. The van der Waals surface area contributed by atoms with Gasteiger partial charge < -0.3 is 9.84 Å². The van der Waals surface area contributed by atoms with E-state index in [2.05, 4.69) is 0 Å². The highest BCUT2D eigenvalue weighted by molar-refractivity contribution is 7.17. The molecule has 0 bridgehead atoms. The molecule has 0 radical (unpaired) electrons. The maximum Gasteiger partial charge on any atom is 0.315 e. The van der Waals surface area contributed by atoms with E-state index in [0.717, 1.165) is 16.7 Å². The predicted molar refractivity (Wildman–Crippen MR) is 123 cm³/mol. The molecule has 0 fully saturated rings. The van der Waals surface area contributed by atoms with E-state index < -0.39 is 16.4 Å². The highest BCUT2D eigenvalue weighted by Gasteiger charge is 2.25. The van der Waals surface area contributed by atoms with E-state index in [1.54, 1.807) is 10.6 Å². The van der Waals surface area contributed by atoms with Crippen LogP contribution in [0.4, 0.5) is 5.69 Å². The van der Waals surface area contributed by atoms with Gasteiger partial charge in [0, 0.05) is 23.6 Å². The number of aromatic hydroxyl groups is 1. The lowest BCUT2D eigenvalue weighted by atomic mass is 10.1. The molecule has 4 aromatic rings. The summed E-state index contributed by atoms with van der Waals surface area (Å²) >= 11 is 1.42. The molecule has 1 N–H and O–H groups in total. The number of aromatic nitrogens is 2. The molecule has 0 saturated carbocycles. The van der Waals surface area contributed by atoms with Gasteiger partial charge in [0.2, 0.25) is 5.75 Å². The zero-order valence-electron chi connectivity index (χ0n) is 16.9. The van der Waals surface area contributed by atoms with Gasteiger partial charge in [-0.05, 0) is 35.3 Å². The maximum absolute atomic E-state index is 13.3. The molecule has 8 nitrogen and oxygen atoms in total. The number of nitrogens with zero attached hydrogens (tertiary/aromatic N) is 3. The van der Waals surface area contributed by atoms with Crippen molar-refractivity contribution in [2.75, 3.05) is 7.11 Å². The van der Waals surface area contributed by atoms with Gasteiger partial charge in [-0.1, -0.05) is 30.3 Å². The number of benzene rings is 2. The van der Waals surface area contributed by atoms with Crippen molar-refractivity contribution in [3.63, 3.8) is 0 Å². The number of hydrogen-bond acceptors (Lipinski definition) is 7. The average Bonchev–Trinajstić information content (AvgIpc) is 3.40. The monoisotopic (exact) mass is 447 g/mol. The normalized spacial score (nSPS) is 14.1. The minimum atomic E-state index is -0.661. The number of hydrogen-bond donors (Lipinski definition) is 1. The third-order valence-corrected chi connectivity index (χ3v) is 6.38. The number of nitro groups is 1. The van der Waals surface area contributed by atoms with Crippen molar-refractivity contribution in [2.24, 2.45) is 0 Å². The summed E-state index contributed by atoms with van der Waals surface area (Å²) in [5.74, 6) is 0.0452. The standard InChI is InChI=1S/C23H17N3O5S/c1-31-18-11-13(10-17(20(18)27)26(29)30)9-15-7-8-25-21(15)24-22-19(23(25)28)16(12-32-22)14-5-3-2-4-6-14/h2-6,9-12,27H,7-8H2,1H3/b15-9+. The first-order valence-corrected chi connectivity index (χ1v) is 10.7. The number of thiophene rings is 1. The Morgan fingerprint density at radius 2 is 2.06 bits per heavy atom. The average molecular weight is 447 g/mol. The first kappa shape index (κ1) is 20.0. The molecule has 0 atom stereocenters. The molecule has 0 spiro atoms. The summed E-state index contributed by atoms with van der Waals surface area (Å²) in [6.45, 7) is 0.477. The van der Waals surface area contributed by atoms with Crippen LogP contribution < -0.4 is 10.3 Å². The topological polar surface area (TPSA) is 107 Å². The van der Waals surface area contributed by atoms with E-state index in [1.807, 2.05) is 35.7 Å². The second kappa shape index (κ2) is 7.61. The third-order valence-electron chi connectivity index (χ3n) is 5.51. The number of rotatable bonds is 4. The van der Waals surface area contributed by atoms with Crippen molar-refractivity contribution in [1.82, 2.24) is 9.55 Å². The van der Waals surface area contributed by atoms with Crippen LogP contribution in [0.3, 0.4) is 0 Å². The number of nitro benzene ring substituents is 1. The number of allylic oxidation sites excluding steroid dienone is 1. The molecule has 2 aromatic heterocycles.